The van der Waals surface area contributed by atoms with Crippen molar-refractivity contribution < 1.29 is 0 Å². The SMILES string of the molecule is CCCCCC1CCC(c2ccc(C(C)CCCCC)cc2C)CC1. The van der Waals surface area contributed by atoms with Gasteiger partial charge in [-0.15, -0.1) is 0 Å². The normalized spacial score (nSPS) is 22.1. The lowest BCUT2D eigenvalue weighted by atomic mass is 9.75. The molecule has 1 aromatic rings. The van der Waals surface area contributed by atoms with E-state index in [2.05, 4.69) is 45.9 Å². The van der Waals surface area contributed by atoms with Crippen LogP contribution in [0.3, 0.4) is 0 Å². The summed E-state index contributed by atoms with van der Waals surface area (Å²) in [4.78, 5) is 0. The van der Waals surface area contributed by atoms with Crippen LogP contribution in [-0.2, 0) is 0 Å². The molecule has 0 amide bonds. The van der Waals surface area contributed by atoms with Gasteiger partial charge in [0.1, 0.15) is 0 Å². The van der Waals surface area contributed by atoms with Gasteiger partial charge in [-0.3, -0.25) is 0 Å². The summed E-state index contributed by atoms with van der Waals surface area (Å²) < 4.78 is 0. The number of rotatable bonds is 10. The lowest BCUT2D eigenvalue weighted by Crippen LogP contribution is -2.14. The van der Waals surface area contributed by atoms with Crippen molar-refractivity contribution in [2.45, 2.75) is 117 Å². The fourth-order valence-electron chi connectivity index (χ4n) is 4.78. The minimum absolute atomic E-state index is 0.716. The summed E-state index contributed by atoms with van der Waals surface area (Å²) >= 11 is 0. The molecule has 1 aliphatic rings. The zero-order chi connectivity index (χ0) is 18.1. The molecule has 1 fully saturated rings. The largest absolute Gasteiger partial charge is 0.0654 e. The number of aryl methyl sites for hydroxylation is 1. The third kappa shape index (κ3) is 6.46. The molecule has 1 atom stereocenters. The van der Waals surface area contributed by atoms with E-state index in [1.54, 1.807) is 16.7 Å². The third-order valence-electron chi connectivity index (χ3n) is 6.61. The van der Waals surface area contributed by atoms with Crippen LogP contribution < -0.4 is 0 Å². The third-order valence-corrected chi connectivity index (χ3v) is 6.61. The van der Waals surface area contributed by atoms with Crippen LogP contribution >= 0.6 is 0 Å². The molecule has 0 spiro atoms. The maximum absolute atomic E-state index is 2.50. The van der Waals surface area contributed by atoms with Crippen molar-refractivity contribution in [1.82, 2.24) is 0 Å². The van der Waals surface area contributed by atoms with Gasteiger partial charge >= 0.3 is 0 Å². The summed E-state index contributed by atoms with van der Waals surface area (Å²) in [5.41, 5.74) is 4.76. The lowest BCUT2D eigenvalue weighted by Gasteiger charge is -2.30. The first-order valence-corrected chi connectivity index (χ1v) is 11.3. The van der Waals surface area contributed by atoms with Crippen LogP contribution in [0.2, 0.25) is 0 Å². The molecule has 142 valence electrons. The van der Waals surface area contributed by atoms with Gasteiger partial charge in [-0.1, -0.05) is 83.9 Å². The van der Waals surface area contributed by atoms with Gasteiger partial charge in [-0.05, 0) is 73.5 Å². The van der Waals surface area contributed by atoms with Gasteiger partial charge in [0.05, 0.1) is 0 Å². The molecule has 1 aromatic carbocycles. The lowest BCUT2D eigenvalue weighted by molar-refractivity contribution is 0.302. The summed E-state index contributed by atoms with van der Waals surface area (Å²) in [6.45, 7) is 9.37. The van der Waals surface area contributed by atoms with Gasteiger partial charge in [0.15, 0.2) is 0 Å². The molecule has 25 heavy (non-hydrogen) atoms. The van der Waals surface area contributed by atoms with Gasteiger partial charge in [0.25, 0.3) is 0 Å². The van der Waals surface area contributed by atoms with E-state index in [4.69, 9.17) is 0 Å². The predicted octanol–water partition coefficient (Wildman–Crippen LogP) is 8.53. The van der Waals surface area contributed by atoms with E-state index in [0.717, 1.165) is 11.8 Å². The van der Waals surface area contributed by atoms with E-state index in [1.165, 1.54) is 77.0 Å². The molecule has 1 saturated carbocycles. The molecule has 0 aliphatic heterocycles. The van der Waals surface area contributed by atoms with Gasteiger partial charge in [0, 0.05) is 0 Å². The molecule has 0 saturated heterocycles. The molecular formula is C25H42. The van der Waals surface area contributed by atoms with E-state index in [-0.39, 0.29) is 0 Å². The first-order chi connectivity index (χ1) is 12.2. The van der Waals surface area contributed by atoms with Gasteiger partial charge < -0.3 is 0 Å². The molecule has 0 nitrogen and oxygen atoms in total. The average molecular weight is 343 g/mol. The fraction of sp³-hybridized carbons (Fsp3) is 0.760. The van der Waals surface area contributed by atoms with Gasteiger partial charge in [-0.25, -0.2) is 0 Å². The second-order valence-electron chi connectivity index (χ2n) is 8.73. The average Bonchev–Trinajstić information content (AvgIpc) is 2.63. The van der Waals surface area contributed by atoms with Crippen LogP contribution in [0.15, 0.2) is 18.2 Å². The van der Waals surface area contributed by atoms with E-state index in [1.807, 2.05) is 0 Å². The Morgan fingerprint density at radius 1 is 0.920 bits per heavy atom. The highest BCUT2D eigenvalue weighted by Crippen LogP contribution is 2.39. The number of benzene rings is 1. The Labute approximate surface area is 157 Å². The Bertz CT molecular complexity index is 479. The summed E-state index contributed by atoms with van der Waals surface area (Å²) in [7, 11) is 0. The van der Waals surface area contributed by atoms with Crippen LogP contribution in [0, 0.1) is 12.8 Å². The first kappa shape index (κ1) is 20.5. The van der Waals surface area contributed by atoms with Gasteiger partial charge in [-0.2, -0.15) is 0 Å². The van der Waals surface area contributed by atoms with Crippen molar-refractivity contribution in [2.24, 2.45) is 5.92 Å². The van der Waals surface area contributed by atoms with Crippen molar-refractivity contribution in [2.75, 3.05) is 0 Å². The van der Waals surface area contributed by atoms with E-state index >= 15 is 0 Å². The van der Waals surface area contributed by atoms with Crippen molar-refractivity contribution in [1.29, 1.82) is 0 Å². The van der Waals surface area contributed by atoms with Crippen molar-refractivity contribution in [3.63, 3.8) is 0 Å². The Balaban J connectivity index is 1.86. The summed E-state index contributed by atoms with van der Waals surface area (Å²) in [5, 5.41) is 0. The van der Waals surface area contributed by atoms with E-state index < -0.39 is 0 Å². The Morgan fingerprint density at radius 2 is 1.60 bits per heavy atom. The minimum Gasteiger partial charge on any atom is -0.0654 e. The predicted molar refractivity (Wildman–Crippen MR) is 113 cm³/mol. The van der Waals surface area contributed by atoms with Crippen LogP contribution in [0.1, 0.15) is 126 Å². The van der Waals surface area contributed by atoms with Crippen LogP contribution in [-0.4, -0.2) is 0 Å². The topological polar surface area (TPSA) is 0 Å². The molecule has 2 rings (SSSR count). The molecule has 0 aromatic heterocycles. The maximum atomic E-state index is 2.50. The zero-order valence-corrected chi connectivity index (χ0v) is 17.4. The monoisotopic (exact) mass is 342 g/mol. The second kappa shape index (κ2) is 11.0. The fourth-order valence-corrected chi connectivity index (χ4v) is 4.78. The maximum Gasteiger partial charge on any atom is -0.0159 e. The highest BCUT2D eigenvalue weighted by molar-refractivity contribution is 5.35. The quantitative estimate of drug-likeness (QED) is 0.374. The number of unbranched alkanes of at least 4 members (excludes halogenated alkanes) is 4. The van der Waals surface area contributed by atoms with E-state index in [9.17, 15) is 0 Å². The number of hydrogen-bond donors (Lipinski definition) is 0. The highest BCUT2D eigenvalue weighted by Gasteiger charge is 2.23. The molecular weight excluding hydrogens is 300 g/mol. The highest BCUT2D eigenvalue weighted by atomic mass is 14.3. The Hall–Kier alpha value is -0.780. The van der Waals surface area contributed by atoms with E-state index in [0.29, 0.717) is 5.92 Å². The summed E-state index contributed by atoms with van der Waals surface area (Å²) in [6.07, 6.45) is 16.9. The standard InChI is InChI=1S/C25H42/c1-5-7-9-11-20(3)24-17-18-25(21(4)19-24)23-15-13-22(14-16-23)12-10-8-6-2/h17-20,22-23H,5-16H2,1-4H3. The molecule has 1 unspecified atom stereocenters. The number of hydrogen-bond acceptors (Lipinski definition) is 0. The molecule has 0 heterocycles. The summed E-state index contributed by atoms with van der Waals surface area (Å²) in [5.74, 6) is 2.56. The van der Waals surface area contributed by atoms with Crippen LogP contribution in [0.5, 0.6) is 0 Å². The van der Waals surface area contributed by atoms with Crippen LogP contribution in [0.25, 0.3) is 0 Å². The second-order valence-corrected chi connectivity index (χ2v) is 8.73. The first-order valence-electron chi connectivity index (χ1n) is 11.3. The summed E-state index contributed by atoms with van der Waals surface area (Å²) in [6, 6.07) is 7.41. The van der Waals surface area contributed by atoms with Crippen molar-refractivity contribution in [3.05, 3.63) is 34.9 Å². The van der Waals surface area contributed by atoms with Crippen molar-refractivity contribution in [3.8, 4) is 0 Å². The van der Waals surface area contributed by atoms with Gasteiger partial charge in [0.2, 0.25) is 0 Å². The smallest absolute Gasteiger partial charge is 0.0159 e. The Kier molecular flexibility index (Phi) is 9.07. The molecule has 0 radical (unpaired) electrons. The minimum atomic E-state index is 0.716. The van der Waals surface area contributed by atoms with Crippen molar-refractivity contribution >= 4 is 0 Å². The van der Waals surface area contributed by atoms with Crippen LogP contribution in [0.4, 0.5) is 0 Å². The molecule has 0 heteroatoms. The molecule has 0 N–H and O–H groups in total. The zero-order valence-electron chi connectivity index (χ0n) is 17.4. The molecule has 1 aliphatic carbocycles. The molecule has 0 bridgehead atoms. The Morgan fingerprint density at radius 3 is 2.24 bits per heavy atom.